The number of amides is 2. The van der Waals surface area contributed by atoms with Gasteiger partial charge >= 0.3 is 12.2 Å². The quantitative estimate of drug-likeness (QED) is 0.734. The zero-order valence-corrected chi connectivity index (χ0v) is 16.5. The SMILES string of the molecule is CC(C)(C)OC(=O)N1CCC2CN(c3ccc4c(c3)OCCO4)C(=O)OC2C1. The van der Waals surface area contributed by atoms with Crippen LogP contribution in [0.25, 0.3) is 0 Å². The lowest BCUT2D eigenvalue weighted by Gasteiger charge is -2.44. The Morgan fingerprint density at radius 3 is 2.64 bits per heavy atom. The van der Waals surface area contributed by atoms with Crippen molar-refractivity contribution >= 4 is 17.9 Å². The van der Waals surface area contributed by atoms with E-state index in [1.807, 2.05) is 39.0 Å². The van der Waals surface area contributed by atoms with Gasteiger partial charge in [0.2, 0.25) is 0 Å². The van der Waals surface area contributed by atoms with Crippen molar-refractivity contribution in [2.75, 3.05) is 37.7 Å². The molecule has 4 rings (SSSR count). The van der Waals surface area contributed by atoms with Gasteiger partial charge < -0.3 is 23.8 Å². The van der Waals surface area contributed by atoms with Gasteiger partial charge in [-0.25, -0.2) is 9.59 Å². The summed E-state index contributed by atoms with van der Waals surface area (Å²) in [5.41, 5.74) is 0.175. The van der Waals surface area contributed by atoms with Crippen LogP contribution in [0.15, 0.2) is 18.2 Å². The average Bonchev–Trinajstić information content (AvgIpc) is 2.65. The summed E-state index contributed by atoms with van der Waals surface area (Å²) in [4.78, 5) is 28.2. The minimum absolute atomic E-state index is 0.157. The average molecular weight is 390 g/mol. The van der Waals surface area contributed by atoms with Gasteiger partial charge in [-0.3, -0.25) is 4.90 Å². The Bertz CT molecular complexity index is 774. The molecule has 1 aromatic carbocycles. The van der Waals surface area contributed by atoms with Crippen LogP contribution >= 0.6 is 0 Å². The number of piperidine rings is 1. The van der Waals surface area contributed by atoms with E-state index in [-0.39, 0.29) is 18.1 Å². The molecule has 0 N–H and O–H groups in total. The van der Waals surface area contributed by atoms with Crippen LogP contribution in [0.2, 0.25) is 0 Å². The van der Waals surface area contributed by atoms with Gasteiger partial charge in [-0.1, -0.05) is 0 Å². The molecular weight excluding hydrogens is 364 g/mol. The zero-order chi connectivity index (χ0) is 19.9. The predicted octanol–water partition coefficient (Wildman–Crippen LogP) is 3.04. The second-order valence-corrected chi connectivity index (χ2v) is 8.34. The number of hydrogen-bond donors (Lipinski definition) is 0. The molecule has 3 aliphatic heterocycles. The lowest BCUT2D eigenvalue weighted by Crippen LogP contribution is -2.57. The fourth-order valence-corrected chi connectivity index (χ4v) is 3.71. The Morgan fingerprint density at radius 2 is 1.89 bits per heavy atom. The third-order valence-electron chi connectivity index (χ3n) is 5.07. The fourth-order valence-electron chi connectivity index (χ4n) is 3.71. The molecule has 2 amide bonds. The van der Waals surface area contributed by atoms with Gasteiger partial charge in [0, 0.05) is 25.1 Å². The van der Waals surface area contributed by atoms with Crippen LogP contribution in [0.4, 0.5) is 15.3 Å². The summed E-state index contributed by atoms with van der Waals surface area (Å²) < 4.78 is 22.3. The molecule has 0 radical (unpaired) electrons. The molecule has 28 heavy (non-hydrogen) atoms. The van der Waals surface area contributed by atoms with E-state index in [4.69, 9.17) is 18.9 Å². The molecule has 0 aliphatic carbocycles. The number of ether oxygens (including phenoxy) is 4. The number of likely N-dealkylation sites (tertiary alicyclic amines) is 1. The third-order valence-corrected chi connectivity index (χ3v) is 5.07. The summed E-state index contributed by atoms with van der Waals surface area (Å²) in [6.07, 6.45) is -0.347. The highest BCUT2D eigenvalue weighted by atomic mass is 16.6. The van der Waals surface area contributed by atoms with Crippen LogP contribution in [0.1, 0.15) is 27.2 Å². The predicted molar refractivity (Wildman–Crippen MR) is 101 cm³/mol. The summed E-state index contributed by atoms with van der Waals surface area (Å²) in [7, 11) is 0. The number of benzene rings is 1. The molecule has 0 spiro atoms. The van der Waals surface area contributed by atoms with Gasteiger partial charge in [-0.2, -0.15) is 0 Å². The van der Waals surface area contributed by atoms with E-state index in [1.165, 1.54) is 0 Å². The number of rotatable bonds is 1. The van der Waals surface area contributed by atoms with Crippen LogP contribution in [0.5, 0.6) is 11.5 Å². The van der Waals surface area contributed by atoms with Crippen LogP contribution in [-0.4, -0.2) is 61.6 Å². The Morgan fingerprint density at radius 1 is 1.14 bits per heavy atom. The fraction of sp³-hybridized carbons (Fsp3) is 0.600. The normalized spacial score (nSPS) is 24.3. The van der Waals surface area contributed by atoms with Gasteiger partial charge in [0.25, 0.3) is 0 Å². The van der Waals surface area contributed by atoms with Crippen molar-refractivity contribution in [1.29, 1.82) is 0 Å². The molecule has 2 unspecified atom stereocenters. The molecule has 0 aromatic heterocycles. The first kappa shape index (κ1) is 18.7. The maximum absolute atomic E-state index is 12.6. The highest BCUT2D eigenvalue weighted by molar-refractivity contribution is 5.89. The Hall–Kier alpha value is -2.64. The molecule has 8 heteroatoms. The number of nitrogens with zero attached hydrogens (tertiary/aromatic N) is 2. The van der Waals surface area contributed by atoms with Gasteiger partial charge in [-0.15, -0.1) is 0 Å². The van der Waals surface area contributed by atoms with E-state index < -0.39 is 11.7 Å². The van der Waals surface area contributed by atoms with Crippen molar-refractivity contribution < 1.29 is 28.5 Å². The molecule has 2 saturated heterocycles. The minimum Gasteiger partial charge on any atom is -0.486 e. The van der Waals surface area contributed by atoms with Gasteiger partial charge in [0.05, 0.1) is 12.2 Å². The number of anilines is 1. The monoisotopic (exact) mass is 390 g/mol. The summed E-state index contributed by atoms with van der Waals surface area (Å²) in [6, 6.07) is 5.46. The zero-order valence-electron chi connectivity index (χ0n) is 16.5. The van der Waals surface area contributed by atoms with E-state index >= 15 is 0 Å². The van der Waals surface area contributed by atoms with Crippen molar-refractivity contribution in [3.63, 3.8) is 0 Å². The molecule has 8 nitrogen and oxygen atoms in total. The lowest BCUT2D eigenvalue weighted by molar-refractivity contribution is -0.0253. The first-order chi connectivity index (χ1) is 13.3. The van der Waals surface area contributed by atoms with E-state index in [0.29, 0.717) is 44.3 Å². The van der Waals surface area contributed by atoms with Crippen molar-refractivity contribution in [3.05, 3.63) is 18.2 Å². The second kappa shape index (κ2) is 7.07. The topological polar surface area (TPSA) is 77.5 Å². The van der Waals surface area contributed by atoms with Crippen LogP contribution in [0, 0.1) is 5.92 Å². The molecule has 0 saturated carbocycles. The summed E-state index contributed by atoms with van der Waals surface area (Å²) in [5.74, 6) is 1.48. The summed E-state index contributed by atoms with van der Waals surface area (Å²) in [6.45, 7) is 8.02. The van der Waals surface area contributed by atoms with Gasteiger partial charge in [0.15, 0.2) is 11.5 Å². The van der Waals surface area contributed by atoms with Crippen molar-refractivity contribution in [3.8, 4) is 11.5 Å². The number of hydrogen-bond acceptors (Lipinski definition) is 6. The first-order valence-corrected chi connectivity index (χ1v) is 9.66. The number of fused-ring (bicyclic) bond motifs is 2. The van der Waals surface area contributed by atoms with Crippen molar-refractivity contribution in [2.24, 2.45) is 5.92 Å². The molecule has 3 heterocycles. The lowest BCUT2D eigenvalue weighted by atomic mass is 9.92. The molecule has 2 atom stereocenters. The van der Waals surface area contributed by atoms with Crippen LogP contribution < -0.4 is 14.4 Å². The van der Waals surface area contributed by atoms with Crippen LogP contribution in [0.3, 0.4) is 0 Å². The summed E-state index contributed by atoms with van der Waals surface area (Å²) >= 11 is 0. The Labute approximate surface area is 164 Å². The molecular formula is C20H26N2O6. The van der Waals surface area contributed by atoms with Crippen molar-refractivity contribution in [1.82, 2.24) is 4.90 Å². The second-order valence-electron chi connectivity index (χ2n) is 8.34. The smallest absolute Gasteiger partial charge is 0.414 e. The summed E-state index contributed by atoms with van der Waals surface area (Å²) in [5, 5.41) is 0. The van der Waals surface area contributed by atoms with E-state index in [2.05, 4.69) is 0 Å². The Kier molecular flexibility index (Phi) is 4.72. The highest BCUT2D eigenvalue weighted by Gasteiger charge is 2.42. The van der Waals surface area contributed by atoms with Crippen LogP contribution in [-0.2, 0) is 9.47 Å². The maximum atomic E-state index is 12.6. The number of carbonyl (C=O) groups is 2. The highest BCUT2D eigenvalue weighted by Crippen LogP contribution is 2.36. The first-order valence-electron chi connectivity index (χ1n) is 9.66. The number of carbonyl (C=O) groups excluding carboxylic acids is 2. The Balaban J connectivity index is 1.43. The standard InChI is InChI=1S/C20H26N2O6/c1-20(2,3)28-18(23)21-7-6-13-11-22(19(24)27-17(13)12-21)14-4-5-15-16(10-14)26-9-8-25-15/h4-5,10,13,17H,6-9,11-12H2,1-3H3. The van der Waals surface area contributed by atoms with Crippen molar-refractivity contribution in [2.45, 2.75) is 38.9 Å². The van der Waals surface area contributed by atoms with Gasteiger partial charge in [0.1, 0.15) is 24.9 Å². The van der Waals surface area contributed by atoms with E-state index in [0.717, 1.165) is 12.1 Å². The minimum atomic E-state index is -0.549. The van der Waals surface area contributed by atoms with E-state index in [9.17, 15) is 9.59 Å². The van der Waals surface area contributed by atoms with E-state index in [1.54, 1.807) is 9.80 Å². The molecule has 0 bridgehead atoms. The third kappa shape index (κ3) is 3.81. The molecule has 3 aliphatic rings. The molecule has 1 aromatic rings. The largest absolute Gasteiger partial charge is 0.486 e. The molecule has 152 valence electrons. The maximum Gasteiger partial charge on any atom is 0.414 e. The molecule has 2 fully saturated rings. The van der Waals surface area contributed by atoms with Gasteiger partial charge in [-0.05, 0) is 39.3 Å².